The van der Waals surface area contributed by atoms with Crippen LogP contribution in [0.25, 0.3) is 0 Å². The SMILES string of the molecule is Cc1oncc1CC(=O)NC1CCC(CCN2CCc3nc(OC4CC(F)(F)C4)sc3CC2)CC1. The Labute approximate surface area is 208 Å². The lowest BCUT2D eigenvalue weighted by Gasteiger charge is -2.33. The molecule has 2 fully saturated rings. The first kappa shape index (κ1) is 24.6. The second kappa shape index (κ2) is 10.5. The van der Waals surface area contributed by atoms with Crippen molar-refractivity contribution < 1.29 is 22.8 Å². The molecule has 1 amide bonds. The van der Waals surface area contributed by atoms with Crippen molar-refractivity contribution >= 4 is 17.2 Å². The molecule has 5 rings (SSSR count). The van der Waals surface area contributed by atoms with Crippen LogP contribution < -0.4 is 10.1 Å². The first-order valence-electron chi connectivity index (χ1n) is 12.8. The smallest absolute Gasteiger partial charge is 0.273 e. The van der Waals surface area contributed by atoms with Gasteiger partial charge >= 0.3 is 0 Å². The van der Waals surface area contributed by atoms with E-state index in [1.54, 1.807) is 6.20 Å². The Bertz CT molecular complexity index is 985. The number of aromatic nitrogens is 2. The summed E-state index contributed by atoms with van der Waals surface area (Å²) >= 11 is 1.53. The maximum absolute atomic E-state index is 13.0. The molecule has 0 bridgehead atoms. The molecule has 3 aliphatic rings. The number of nitrogens with zero attached hydrogens (tertiary/aromatic N) is 3. The fraction of sp³-hybridized carbons (Fsp3) is 0.720. The Kier molecular flexibility index (Phi) is 7.39. The van der Waals surface area contributed by atoms with E-state index in [2.05, 4.69) is 20.4 Å². The van der Waals surface area contributed by atoms with Gasteiger partial charge in [0.05, 0.1) is 18.3 Å². The Morgan fingerprint density at radius 2 is 2.03 bits per heavy atom. The number of carbonyl (C=O) groups excluding carboxylic acids is 1. The normalized spacial score (nSPS) is 24.9. The van der Waals surface area contributed by atoms with Crippen molar-refractivity contribution in [2.45, 2.75) is 89.2 Å². The predicted molar refractivity (Wildman–Crippen MR) is 128 cm³/mol. The number of rotatable bonds is 8. The monoisotopic (exact) mass is 508 g/mol. The van der Waals surface area contributed by atoms with Gasteiger partial charge in [-0.15, -0.1) is 0 Å². The van der Waals surface area contributed by atoms with Gasteiger partial charge < -0.3 is 19.5 Å². The van der Waals surface area contributed by atoms with Crippen molar-refractivity contribution in [2.75, 3.05) is 19.6 Å². The highest BCUT2D eigenvalue weighted by atomic mass is 32.1. The van der Waals surface area contributed by atoms with Gasteiger partial charge in [0.1, 0.15) is 11.9 Å². The van der Waals surface area contributed by atoms with Crippen molar-refractivity contribution in [3.63, 3.8) is 0 Å². The molecule has 35 heavy (non-hydrogen) atoms. The maximum Gasteiger partial charge on any atom is 0.273 e. The highest BCUT2D eigenvalue weighted by Gasteiger charge is 2.47. The van der Waals surface area contributed by atoms with Gasteiger partial charge in [-0.25, -0.2) is 13.8 Å². The van der Waals surface area contributed by atoms with Gasteiger partial charge in [-0.1, -0.05) is 16.5 Å². The van der Waals surface area contributed by atoms with Crippen molar-refractivity contribution in [3.8, 4) is 5.19 Å². The molecule has 1 N–H and O–H groups in total. The fourth-order valence-electron chi connectivity index (χ4n) is 5.39. The van der Waals surface area contributed by atoms with Gasteiger partial charge in [-0.05, 0) is 57.9 Å². The number of aryl methyl sites for hydroxylation is 1. The molecule has 7 nitrogen and oxygen atoms in total. The molecular formula is C25H34F2N4O3S. The standard InChI is InChI=1S/C25H34F2N4O3S/c1-16-18(15-28-34-16)12-23(32)29-19-4-2-17(3-5-19)6-9-31-10-7-21-22(8-11-31)35-24(30-21)33-20-13-25(26,27)14-20/h15,17,19-20H,2-14H2,1H3,(H,29,32). The van der Waals surface area contributed by atoms with E-state index in [1.807, 2.05) is 6.92 Å². The largest absolute Gasteiger partial charge is 0.466 e. The van der Waals surface area contributed by atoms with E-state index in [1.165, 1.54) is 22.6 Å². The Morgan fingerprint density at radius 1 is 1.26 bits per heavy atom. The first-order chi connectivity index (χ1) is 16.8. The molecule has 2 aliphatic carbocycles. The summed E-state index contributed by atoms with van der Waals surface area (Å²) in [6.45, 7) is 4.90. The van der Waals surface area contributed by atoms with Crippen LogP contribution >= 0.6 is 11.3 Å². The maximum atomic E-state index is 13.0. The van der Waals surface area contributed by atoms with Crippen molar-refractivity contribution in [1.82, 2.24) is 20.4 Å². The number of alkyl halides is 2. The third-order valence-corrected chi connectivity index (χ3v) is 8.71. The van der Waals surface area contributed by atoms with Crippen molar-refractivity contribution in [1.29, 1.82) is 0 Å². The van der Waals surface area contributed by atoms with Gasteiger partial charge in [0.15, 0.2) is 0 Å². The summed E-state index contributed by atoms with van der Waals surface area (Å²) in [5.74, 6) is -1.10. The molecule has 2 aromatic rings. The van der Waals surface area contributed by atoms with E-state index in [0.29, 0.717) is 23.3 Å². The van der Waals surface area contributed by atoms with E-state index >= 15 is 0 Å². The molecule has 0 unspecified atom stereocenters. The van der Waals surface area contributed by atoms with E-state index < -0.39 is 12.0 Å². The summed E-state index contributed by atoms with van der Waals surface area (Å²) in [6, 6.07) is 0.266. The number of hydrogen-bond donors (Lipinski definition) is 1. The van der Waals surface area contributed by atoms with Crippen LogP contribution in [0.15, 0.2) is 10.7 Å². The molecule has 0 radical (unpaired) electrons. The van der Waals surface area contributed by atoms with Gasteiger partial charge in [0.25, 0.3) is 11.1 Å². The van der Waals surface area contributed by atoms with Crippen molar-refractivity contribution in [2.24, 2.45) is 5.92 Å². The van der Waals surface area contributed by atoms with Crippen LogP contribution in [0.2, 0.25) is 0 Å². The quantitative estimate of drug-likeness (QED) is 0.572. The van der Waals surface area contributed by atoms with Crippen LogP contribution in [0.1, 0.15) is 66.8 Å². The summed E-state index contributed by atoms with van der Waals surface area (Å²) in [6.07, 6.45) is 8.58. The topological polar surface area (TPSA) is 80.5 Å². The molecule has 2 aromatic heterocycles. The zero-order chi connectivity index (χ0) is 24.4. The number of nitrogens with one attached hydrogen (secondary N) is 1. The third kappa shape index (κ3) is 6.39. The Hall–Kier alpha value is -2.07. The minimum atomic E-state index is -2.56. The molecule has 0 aromatic carbocycles. The van der Waals surface area contributed by atoms with Crippen LogP contribution in [0.5, 0.6) is 5.19 Å². The Morgan fingerprint density at radius 3 is 2.74 bits per heavy atom. The molecular weight excluding hydrogens is 474 g/mol. The van der Waals surface area contributed by atoms with Gasteiger partial charge in [-0.2, -0.15) is 0 Å². The molecule has 0 atom stereocenters. The lowest BCUT2D eigenvalue weighted by Crippen LogP contribution is -2.43. The zero-order valence-corrected chi connectivity index (χ0v) is 21.0. The summed E-state index contributed by atoms with van der Waals surface area (Å²) in [5, 5.41) is 7.48. The molecule has 2 saturated carbocycles. The van der Waals surface area contributed by atoms with Crippen LogP contribution in [0, 0.1) is 12.8 Å². The van der Waals surface area contributed by atoms with Crippen LogP contribution in [0.3, 0.4) is 0 Å². The number of thiazole rings is 1. The lowest BCUT2D eigenvalue weighted by atomic mass is 9.84. The molecule has 192 valence electrons. The Balaban J connectivity index is 0.990. The summed E-state index contributed by atoms with van der Waals surface area (Å²) in [5.41, 5.74) is 1.93. The molecule has 0 spiro atoms. The van der Waals surface area contributed by atoms with E-state index in [-0.39, 0.29) is 24.8 Å². The predicted octanol–water partition coefficient (Wildman–Crippen LogP) is 4.32. The van der Waals surface area contributed by atoms with Crippen LogP contribution in [-0.4, -0.2) is 58.7 Å². The summed E-state index contributed by atoms with van der Waals surface area (Å²) in [4.78, 5) is 20.7. The molecule has 0 saturated heterocycles. The van der Waals surface area contributed by atoms with Gasteiger partial charge in [0, 0.05) is 48.8 Å². The number of ether oxygens (including phenoxy) is 1. The minimum Gasteiger partial charge on any atom is -0.466 e. The number of amides is 1. The van der Waals surface area contributed by atoms with Crippen LogP contribution in [-0.2, 0) is 24.1 Å². The first-order valence-corrected chi connectivity index (χ1v) is 13.6. The number of halogens is 2. The molecule has 3 heterocycles. The highest BCUT2D eigenvalue weighted by Crippen LogP contribution is 2.41. The average Bonchev–Trinajstić information content (AvgIpc) is 3.32. The van der Waals surface area contributed by atoms with E-state index in [4.69, 9.17) is 9.26 Å². The molecule has 10 heteroatoms. The minimum absolute atomic E-state index is 0.0459. The lowest BCUT2D eigenvalue weighted by molar-refractivity contribution is -0.134. The molecule has 1 aliphatic heterocycles. The van der Waals surface area contributed by atoms with Crippen molar-refractivity contribution in [3.05, 3.63) is 28.1 Å². The average molecular weight is 509 g/mol. The number of fused-ring (bicyclic) bond motifs is 1. The third-order valence-electron chi connectivity index (χ3n) is 7.67. The zero-order valence-electron chi connectivity index (χ0n) is 20.2. The highest BCUT2D eigenvalue weighted by molar-refractivity contribution is 7.13. The van der Waals surface area contributed by atoms with E-state index in [9.17, 15) is 13.6 Å². The second-order valence-electron chi connectivity index (χ2n) is 10.4. The fourth-order valence-corrected chi connectivity index (χ4v) is 6.40. The number of carbonyl (C=O) groups is 1. The summed E-state index contributed by atoms with van der Waals surface area (Å²) in [7, 11) is 0. The number of hydrogen-bond acceptors (Lipinski definition) is 7. The second-order valence-corrected chi connectivity index (χ2v) is 11.4. The van der Waals surface area contributed by atoms with E-state index in [0.717, 1.165) is 69.4 Å². The summed E-state index contributed by atoms with van der Waals surface area (Å²) < 4.78 is 36.8. The van der Waals surface area contributed by atoms with Gasteiger partial charge in [0.2, 0.25) is 5.91 Å². The van der Waals surface area contributed by atoms with Crippen LogP contribution in [0.4, 0.5) is 8.78 Å². The van der Waals surface area contributed by atoms with Gasteiger partial charge in [-0.3, -0.25) is 4.79 Å².